The highest BCUT2D eigenvalue weighted by molar-refractivity contribution is 7.89. The van der Waals surface area contributed by atoms with E-state index >= 15 is 0 Å². The van der Waals surface area contributed by atoms with Gasteiger partial charge in [0, 0.05) is 24.2 Å². The normalized spacial score (nSPS) is 16.2. The molecule has 164 valence electrons. The fraction of sp³-hybridized carbons (Fsp3) is 0.524. The smallest absolute Gasteiger partial charge is 0.255 e. The molecule has 2 heterocycles. The third-order valence-corrected chi connectivity index (χ3v) is 7.64. The summed E-state index contributed by atoms with van der Waals surface area (Å²) in [5.74, 6) is 0.0878. The molecule has 1 saturated heterocycles. The van der Waals surface area contributed by atoms with Crippen LogP contribution in [0.1, 0.15) is 62.0 Å². The number of piperidine rings is 1. The summed E-state index contributed by atoms with van der Waals surface area (Å²) in [6.45, 7) is 6.79. The number of sulfonamides is 1. The summed E-state index contributed by atoms with van der Waals surface area (Å²) in [5, 5.41) is 8.16. The molecule has 9 heteroatoms. The van der Waals surface area contributed by atoms with Crippen molar-refractivity contribution in [3.63, 3.8) is 0 Å². The van der Waals surface area contributed by atoms with Crippen molar-refractivity contribution in [1.29, 1.82) is 0 Å². The Hall–Kier alpha value is -1.90. The van der Waals surface area contributed by atoms with Gasteiger partial charge in [-0.15, -0.1) is 0 Å². The summed E-state index contributed by atoms with van der Waals surface area (Å²) in [7, 11) is -3.19. The predicted molar refractivity (Wildman–Crippen MR) is 119 cm³/mol. The van der Waals surface area contributed by atoms with Crippen LogP contribution in [0.25, 0.3) is 5.69 Å². The van der Waals surface area contributed by atoms with Gasteiger partial charge in [-0.2, -0.15) is 5.10 Å². The number of amides is 1. The zero-order valence-corrected chi connectivity index (χ0v) is 19.2. The molecule has 0 spiro atoms. The summed E-state index contributed by atoms with van der Waals surface area (Å²) in [4.78, 5) is 13.0. The van der Waals surface area contributed by atoms with Crippen LogP contribution in [0, 0.1) is 0 Å². The Morgan fingerprint density at radius 1 is 1.23 bits per heavy atom. The van der Waals surface area contributed by atoms with E-state index in [9.17, 15) is 13.2 Å². The topological polar surface area (TPSA) is 84.3 Å². The molecule has 1 aromatic heterocycles. The Morgan fingerprint density at radius 2 is 1.87 bits per heavy atom. The van der Waals surface area contributed by atoms with E-state index in [0.29, 0.717) is 42.9 Å². The molecule has 7 nitrogen and oxygen atoms in total. The molecule has 0 atom stereocenters. The van der Waals surface area contributed by atoms with Crippen LogP contribution < -0.4 is 5.32 Å². The van der Waals surface area contributed by atoms with Crippen molar-refractivity contribution in [3.8, 4) is 5.69 Å². The summed E-state index contributed by atoms with van der Waals surface area (Å²) >= 11 is 5.99. The van der Waals surface area contributed by atoms with E-state index in [1.54, 1.807) is 23.0 Å². The van der Waals surface area contributed by atoms with Gasteiger partial charge in [-0.1, -0.05) is 32.4 Å². The van der Waals surface area contributed by atoms with Crippen LogP contribution in [0.2, 0.25) is 5.02 Å². The number of hydrogen-bond donors (Lipinski definition) is 1. The molecule has 0 bridgehead atoms. The van der Waals surface area contributed by atoms with E-state index in [1.807, 2.05) is 32.9 Å². The zero-order valence-electron chi connectivity index (χ0n) is 17.6. The minimum absolute atomic E-state index is 0.0514. The highest BCUT2D eigenvalue weighted by atomic mass is 35.5. The Bertz CT molecular complexity index is 978. The quantitative estimate of drug-likeness (QED) is 0.695. The predicted octanol–water partition coefficient (Wildman–Crippen LogP) is 3.58. The number of nitrogens with one attached hydrogen (secondary N) is 1. The van der Waals surface area contributed by atoms with Crippen LogP contribution in [0.3, 0.4) is 0 Å². The van der Waals surface area contributed by atoms with Crippen LogP contribution in [0.15, 0.2) is 30.5 Å². The van der Waals surface area contributed by atoms with Crippen molar-refractivity contribution < 1.29 is 13.2 Å². The maximum atomic E-state index is 13.0. The molecule has 1 fully saturated rings. The van der Waals surface area contributed by atoms with Crippen LogP contribution in [0.4, 0.5) is 0 Å². The average molecular weight is 453 g/mol. The molecule has 0 aliphatic carbocycles. The number of halogens is 1. The largest absolute Gasteiger partial charge is 0.349 e. The molecule has 30 heavy (non-hydrogen) atoms. The maximum Gasteiger partial charge on any atom is 0.255 e. The second kappa shape index (κ2) is 9.49. The lowest BCUT2D eigenvalue weighted by Gasteiger charge is -2.31. The fourth-order valence-corrected chi connectivity index (χ4v) is 5.47. The first-order chi connectivity index (χ1) is 14.2. The zero-order chi connectivity index (χ0) is 21.9. The number of carbonyl (C=O) groups excluding carboxylic acids is 1. The molecule has 2 aromatic rings. The lowest BCUT2D eigenvalue weighted by Crippen LogP contribution is -2.47. The molecule has 0 radical (unpaired) electrons. The van der Waals surface area contributed by atoms with Gasteiger partial charge in [0.05, 0.1) is 28.9 Å². The first-order valence-corrected chi connectivity index (χ1v) is 12.3. The number of carbonyl (C=O) groups is 1. The minimum Gasteiger partial charge on any atom is -0.349 e. The van der Waals surface area contributed by atoms with Crippen molar-refractivity contribution in [1.82, 2.24) is 19.4 Å². The number of aromatic nitrogens is 2. The Balaban J connectivity index is 1.71. The van der Waals surface area contributed by atoms with Crippen molar-refractivity contribution in [2.75, 3.05) is 18.8 Å². The van der Waals surface area contributed by atoms with Crippen LogP contribution >= 0.6 is 11.6 Å². The standard InChI is InChI=1S/C21H29ClN4O3S/c1-4-13-30(28,29)25-11-9-17(10-12-25)24-21(27)19-14-23-26(20(19)15(2)3)18-7-5-16(22)6-8-18/h5-8,14-15,17H,4,9-13H2,1-3H3,(H,24,27). The van der Waals surface area contributed by atoms with E-state index in [0.717, 1.165) is 11.4 Å². The van der Waals surface area contributed by atoms with Crippen molar-refractivity contribution in [2.45, 2.75) is 52.0 Å². The molecule has 1 amide bonds. The van der Waals surface area contributed by atoms with Gasteiger partial charge in [0.25, 0.3) is 5.91 Å². The van der Waals surface area contributed by atoms with E-state index in [2.05, 4.69) is 10.4 Å². The Labute approximate surface area is 183 Å². The Morgan fingerprint density at radius 3 is 2.43 bits per heavy atom. The summed E-state index contributed by atoms with van der Waals surface area (Å²) in [5.41, 5.74) is 2.22. The SMILES string of the molecule is CCCS(=O)(=O)N1CCC(NC(=O)c2cnn(-c3ccc(Cl)cc3)c2C(C)C)CC1. The monoisotopic (exact) mass is 452 g/mol. The van der Waals surface area contributed by atoms with Crippen molar-refractivity contribution >= 4 is 27.5 Å². The molecule has 1 N–H and O–H groups in total. The molecule has 1 aliphatic heterocycles. The van der Waals surface area contributed by atoms with Gasteiger partial charge in [0.1, 0.15) is 0 Å². The van der Waals surface area contributed by atoms with Gasteiger partial charge in [0.15, 0.2) is 0 Å². The van der Waals surface area contributed by atoms with Crippen LogP contribution in [-0.2, 0) is 10.0 Å². The maximum absolute atomic E-state index is 13.0. The highest BCUT2D eigenvalue weighted by Crippen LogP contribution is 2.24. The van der Waals surface area contributed by atoms with Gasteiger partial charge in [-0.25, -0.2) is 17.4 Å². The molecular weight excluding hydrogens is 424 g/mol. The van der Waals surface area contributed by atoms with E-state index in [-0.39, 0.29) is 23.6 Å². The molecule has 0 unspecified atom stereocenters. The summed E-state index contributed by atoms with van der Waals surface area (Å²) in [6, 6.07) is 7.28. The van der Waals surface area contributed by atoms with Crippen LogP contribution in [-0.4, -0.2) is 53.3 Å². The van der Waals surface area contributed by atoms with E-state index in [4.69, 9.17) is 11.6 Å². The third kappa shape index (κ3) is 5.04. The van der Waals surface area contributed by atoms with Gasteiger partial charge in [-0.3, -0.25) is 4.79 Å². The second-order valence-electron chi connectivity index (χ2n) is 7.95. The van der Waals surface area contributed by atoms with Crippen LogP contribution in [0.5, 0.6) is 0 Å². The molecule has 1 aromatic carbocycles. The minimum atomic E-state index is -3.19. The molecule has 3 rings (SSSR count). The summed E-state index contributed by atoms with van der Waals surface area (Å²) < 4.78 is 27.8. The van der Waals surface area contributed by atoms with Gasteiger partial charge in [0.2, 0.25) is 10.0 Å². The first kappa shape index (κ1) is 22.8. The van der Waals surface area contributed by atoms with Gasteiger partial charge < -0.3 is 5.32 Å². The second-order valence-corrected chi connectivity index (χ2v) is 10.5. The number of benzene rings is 1. The lowest BCUT2D eigenvalue weighted by molar-refractivity contribution is 0.0922. The molecule has 0 saturated carbocycles. The average Bonchev–Trinajstić information content (AvgIpc) is 3.14. The highest BCUT2D eigenvalue weighted by Gasteiger charge is 2.29. The first-order valence-electron chi connectivity index (χ1n) is 10.4. The van der Waals surface area contributed by atoms with Gasteiger partial charge >= 0.3 is 0 Å². The van der Waals surface area contributed by atoms with Crippen molar-refractivity contribution in [2.24, 2.45) is 0 Å². The number of nitrogens with zero attached hydrogens (tertiary/aromatic N) is 3. The molecule has 1 aliphatic rings. The molecular formula is C21H29ClN4O3S. The van der Waals surface area contributed by atoms with Crippen molar-refractivity contribution in [3.05, 3.63) is 46.7 Å². The number of rotatable bonds is 7. The lowest BCUT2D eigenvalue weighted by atomic mass is 10.0. The third-order valence-electron chi connectivity index (χ3n) is 5.31. The Kier molecular flexibility index (Phi) is 7.21. The van der Waals surface area contributed by atoms with E-state index < -0.39 is 10.0 Å². The fourth-order valence-electron chi connectivity index (χ4n) is 3.80. The van der Waals surface area contributed by atoms with Gasteiger partial charge in [-0.05, 0) is 49.4 Å². The summed E-state index contributed by atoms with van der Waals surface area (Å²) in [6.07, 6.45) is 3.42. The number of hydrogen-bond acceptors (Lipinski definition) is 4. The van der Waals surface area contributed by atoms with E-state index in [1.165, 1.54) is 4.31 Å².